The van der Waals surface area contributed by atoms with Gasteiger partial charge in [0.1, 0.15) is 5.76 Å². The van der Waals surface area contributed by atoms with Gasteiger partial charge in [-0.15, -0.1) is 11.8 Å². The summed E-state index contributed by atoms with van der Waals surface area (Å²) in [5.74, 6) is 1.75. The predicted octanol–water partition coefficient (Wildman–Crippen LogP) is 3.72. The first kappa shape index (κ1) is 10.5. The van der Waals surface area contributed by atoms with Crippen LogP contribution in [0.25, 0.3) is 0 Å². The summed E-state index contributed by atoms with van der Waals surface area (Å²) in [6, 6.07) is 14.6. The van der Waals surface area contributed by atoms with Gasteiger partial charge in [-0.25, -0.2) is 0 Å². The molecule has 0 spiro atoms. The summed E-state index contributed by atoms with van der Waals surface area (Å²) in [4.78, 5) is 0. The van der Waals surface area contributed by atoms with E-state index in [1.807, 2.05) is 24.3 Å². The number of furan rings is 1. The molecule has 17 heavy (non-hydrogen) atoms. The van der Waals surface area contributed by atoms with Gasteiger partial charge >= 0.3 is 0 Å². The zero-order valence-corrected chi connectivity index (χ0v) is 9.98. The molecule has 0 fully saturated rings. The minimum atomic E-state index is -0.0336. The summed E-state index contributed by atoms with van der Waals surface area (Å²) in [6.45, 7) is 0. The maximum Gasteiger partial charge on any atom is 0.125 e. The van der Waals surface area contributed by atoms with Crippen LogP contribution in [0.1, 0.15) is 28.1 Å². The number of hydrogen-bond donors (Lipinski definition) is 0. The molecule has 2 nitrogen and oxygen atoms in total. The fraction of sp³-hybridized carbons (Fsp3) is 0.214. The molecule has 3 rings (SSSR count). The zero-order valence-electron chi connectivity index (χ0n) is 9.17. The van der Waals surface area contributed by atoms with Crippen molar-refractivity contribution in [3.8, 4) is 6.07 Å². The summed E-state index contributed by atoms with van der Waals surface area (Å²) in [6.07, 6.45) is 1.69. The molecule has 2 atom stereocenters. The molecular formula is C14H11NOS. The number of nitrogens with zero attached hydrogens (tertiary/aromatic N) is 1. The number of nitriles is 1. The second kappa shape index (κ2) is 4.31. The molecule has 1 aliphatic rings. The van der Waals surface area contributed by atoms with Crippen LogP contribution in [-0.2, 0) is 0 Å². The van der Waals surface area contributed by atoms with Crippen LogP contribution in [0.4, 0.5) is 0 Å². The van der Waals surface area contributed by atoms with Gasteiger partial charge in [0.05, 0.1) is 23.5 Å². The molecule has 0 aliphatic carbocycles. The van der Waals surface area contributed by atoms with Gasteiger partial charge in [0.15, 0.2) is 0 Å². The standard InChI is InChI=1S/C14H11NOS/c15-8-11-9-17-14(10-4-2-1-3-5-10)13-12(11)6-7-16-13/h1-7,11,14H,9H2. The molecule has 2 heterocycles. The van der Waals surface area contributed by atoms with Crippen LogP contribution in [0.2, 0.25) is 0 Å². The zero-order chi connectivity index (χ0) is 11.7. The van der Waals surface area contributed by atoms with E-state index in [1.165, 1.54) is 5.56 Å². The van der Waals surface area contributed by atoms with Crippen LogP contribution in [0.3, 0.4) is 0 Å². The monoisotopic (exact) mass is 241 g/mol. The van der Waals surface area contributed by atoms with E-state index < -0.39 is 0 Å². The molecular weight excluding hydrogens is 230 g/mol. The van der Waals surface area contributed by atoms with Crippen LogP contribution < -0.4 is 0 Å². The lowest BCUT2D eigenvalue weighted by atomic mass is 9.98. The van der Waals surface area contributed by atoms with Gasteiger partial charge in [-0.1, -0.05) is 30.3 Å². The third-order valence-electron chi connectivity index (χ3n) is 3.03. The number of thioether (sulfide) groups is 1. The van der Waals surface area contributed by atoms with E-state index in [-0.39, 0.29) is 11.2 Å². The Bertz CT molecular complexity index is 555. The Morgan fingerprint density at radius 3 is 2.82 bits per heavy atom. The van der Waals surface area contributed by atoms with Crippen molar-refractivity contribution < 1.29 is 4.42 Å². The summed E-state index contributed by atoms with van der Waals surface area (Å²) in [5.41, 5.74) is 2.30. The molecule has 0 radical (unpaired) electrons. The molecule has 0 amide bonds. The van der Waals surface area contributed by atoms with Crippen LogP contribution >= 0.6 is 11.8 Å². The van der Waals surface area contributed by atoms with Gasteiger partial charge in [-0.3, -0.25) is 0 Å². The second-order valence-electron chi connectivity index (χ2n) is 4.05. The topological polar surface area (TPSA) is 36.9 Å². The molecule has 2 aromatic rings. The Hall–Kier alpha value is -1.66. The van der Waals surface area contributed by atoms with Crippen molar-refractivity contribution in [2.24, 2.45) is 0 Å². The molecule has 2 unspecified atom stereocenters. The first-order valence-electron chi connectivity index (χ1n) is 5.53. The van der Waals surface area contributed by atoms with E-state index in [2.05, 4.69) is 18.2 Å². The van der Waals surface area contributed by atoms with Crippen LogP contribution in [0, 0.1) is 11.3 Å². The SMILES string of the molecule is N#CC1CSC(c2ccccc2)c2occc21. The van der Waals surface area contributed by atoms with Gasteiger partial charge < -0.3 is 4.42 Å². The highest BCUT2D eigenvalue weighted by Gasteiger charge is 2.31. The molecule has 0 saturated carbocycles. The number of rotatable bonds is 1. The van der Waals surface area contributed by atoms with Crippen molar-refractivity contribution in [2.45, 2.75) is 11.2 Å². The minimum Gasteiger partial charge on any atom is -0.467 e. The fourth-order valence-corrected chi connectivity index (χ4v) is 3.50. The first-order chi connectivity index (χ1) is 8.40. The summed E-state index contributed by atoms with van der Waals surface area (Å²) in [5, 5.41) is 9.34. The first-order valence-corrected chi connectivity index (χ1v) is 6.58. The predicted molar refractivity (Wildman–Crippen MR) is 67.8 cm³/mol. The maximum absolute atomic E-state index is 9.11. The van der Waals surface area contributed by atoms with Crippen LogP contribution in [-0.4, -0.2) is 5.75 Å². The van der Waals surface area contributed by atoms with Crippen LogP contribution in [0.15, 0.2) is 47.1 Å². The number of benzene rings is 1. The molecule has 1 aliphatic heterocycles. The lowest BCUT2D eigenvalue weighted by Crippen LogP contribution is -2.11. The molecule has 0 N–H and O–H groups in total. The van der Waals surface area contributed by atoms with Crippen molar-refractivity contribution in [1.29, 1.82) is 5.26 Å². The quantitative estimate of drug-likeness (QED) is 0.763. The Labute approximate surface area is 104 Å². The van der Waals surface area contributed by atoms with Gasteiger partial charge in [-0.05, 0) is 11.6 Å². The fourth-order valence-electron chi connectivity index (χ4n) is 2.17. The lowest BCUT2D eigenvalue weighted by Gasteiger charge is -2.23. The second-order valence-corrected chi connectivity index (χ2v) is 5.18. The average Bonchev–Trinajstić information content (AvgIpc) is 2.88. The Kier molecular flexibility index (Phi) is 2.66. The van der Waals surface area contributed by atoms with E-state index in [1.54, 1.807) is 18.0 Å². The molecule has 3 heteroatoms. The third-order valence-corrected chi connectivity index (χ3v) is 4.37. The average molecular weight is 241 g/mol. The van der Waals surface area contributed by atoms with Gasteiger partial charge in [0, 0.05) is 11.3 Å². The number of fused-ring (bicyclic) bond motifs is 1. The molecule has 1 aromatic carbocycles. The van der Waals surface area contributed by atoms with Gasteiger partial charge in [0.25, 0.3) is 0 Å². The van der Waals surface area contributed by atoms with E-state index >= 15 is 0 Å². The molecule has 0 bridgehead atoms. The third kappa shape index (κ3) is 1.75. The van der Waals surface area contributed by atoms with Crippen molar-refractivity contribution in [3.63, 3.8) is 0 Å². The summed E-state index contributed by atoms with van der Waals surface area (Å²) >= 11 is 1.78. The van der Waals surface area contributed by atoms with Gasteiger partial charge in [0.2, 0.25) is 0 Å². The lowest BCUT2D eigenvalue weighted by molar-refractivity contribution is 0.510. The maximum atomic E-state index is 9.11. The Morgan fingerprint density at radius 2 is 2.06 bits per heavy atom. The summed E-state index contributed by atoms with van der Waals surface area (Å²) in [7, 11) is 0. The highest BCUT2D eigenvalue weighted by Crippen LogP contribution is 2.46. The molecule has 1 aromatic heterocycles. The molecule has 0 saturated heterocycles. The minimum absolute atomic E-state index is 0.0336. The van der Waals surface area contributed by atoms with Crippen molar-refractivity contribution in [1.82, 2.24) is 0 Å². The number of hydrogen-bond acceptors (Lipinski definition) is 3. The summed E-state index contributed by atoms with van der Waals surface area (Å²) < 4.78 is 5.58. The van der Waals surface area contributed by atoms with Crippen molar-refractivity contribution in [2.75, 3.05) is 5.75 Å². The van der Waals surface area contributed by atoms with E-state index in [4.69, 9.17) is 9.68 Å². The van der Waals surface area contributed by atoms with Gasteiger partial charge in [-0.2, -0.15) is 5.26 Å². The molecule has 84 valence electrons. The van der Waals surface area contributed by atoms with Crippen molar-refractivity contribution in [3.05, 3.63) is 59.5 Å². The van der Waals surface area contributed by atoms with E-state index in [0.717, 1.165) is 17.1 Å². The largest absolute Gasteiger partial charge is 0.467 e. The van der Waals surface area contributed by atoms with Crippen molar-refractivity contribution >= 4 is 11.8 Å². The highest BCUT2D eigenvalue weighted by atomic mass is 32.2. The normalized spacial score (nSPS) is 22.8. The highest BCUT2D eigenvalue weighted by molar-refractivity contribution is 7.99. The van der Waals surface area contributed by atoms with E-state index in [9.17, 15) is 0 Å². The van der Waals surface area contributed by atoms with E-state index in [0.29, 0.717) is 0 Å². The Balaban J connectivity index is 2.04. The van der Waals surface area contributed by atoms with Crippen LogP contribution in [0.5, 0.6) is 0 Å². The smallest absolute Gasteiger partial charge is 0.125 e. The Morgan fingerprint density at radius 1 is 1.24 bits per heavy atom.